The number of hydrogen-bond acceptors (Lipinski definition) is 11. The van der Waals surface area contributed by atoms with Gasteiger partial charge in [0.25, 0.3) is 0 Å². The summed E-state index contributed by atoms with van der Waals surface area (Å²) in [6.45, 7) is 9.77. The van der Waals surface area contributed by atoms with Crippen LogP contribution in [0.3, 0.4) is 0 Å². The number of carbonyl (C=O) groups is 9. The van der Waals surface area contributed by atoms with Gasteiger partial charge in [0.05, 0.1) is 13.0 Å². The molecule has 16 N–H and O–H groups in total. The minimum absolute atomic E-state index is 0.0315. The van der Waals surface area contributed by atoms with E-state index in [1.807, 2.05) is 13.8 Å². The first-order valence-corrected chi connectivity index (χ1v) is 20.9. The number of aliphatic carboxylic acids is 1. The Kier molecular flexibility index (Phi) is 24.6. The fourth-order valence-electron chi connectivity index (χ4n) is 6.25. The molecule has 0 aliphatic heterocycles. The molecule has 352 valence electrons. The molecular formula is C41H68N12O10. The summed E-state index contributed by atoms with van der Waals surface area (Å²) in [4.78, 5) is 122. The second-order valence-electron chi connectivity index (χ2n) is 16.4. The smallest absolute Gasteiger partial charge is 0.322 e. The quantitative estimate of drug-likeness (QED) is 0.0223. The number of rotatable bonds is 29. The van der Waals surface area contributed by atoms with Gasteiger partial charge in [0, 0.05) is 13.0 Å². The van der Waals surface area contributed by atoms with Gasteiger partial charge in [-0.25, -0.2) is 0 Å². The molecule has 63 heavy (non-hydrogen) atoms. The third kappa shape index (κ3) is 22.9. The van der Waals surface area contributed by atoms with Crippen LogP contribution < -0.4 is 60.2 Å². The number of nitrogens with zero attached hydrogens (tertiary/aromatic N) is 1. The predicted molar refractivity (Wildman–Crippen MR) is 234 cm³/mol. The van der Waals surface area contributed by atoms with E-state index in [2.05, 4.69) is 42.2 Å². The average molecular weight is 889 g/mol. The van der Waals surface area contributed by atoms with Crippen LogP contribution in [0.15, 0.2) is 35.3 Å². The van der Waals surface area contributed by atoms with E-state index < -0.39 is 109 Å². The van der Waals surface area contributed by atoms with Crippen molar-refractivity contribution in [3.05, 3.63) is 35.9 Å². The number of amides is 8. The number of nitrogens with one attached hydrogen (secondary N) is 7. The second kappa shape index (κ2) is 28.3. The van der Waals surface area contributed by atoms with Crippen LogP contribution >= 0.6 is 0 Å². The van der Waals surface area contributed by atoms with Crippen LogP contribution in [0.5, 0.6) is 0 Å². The van der Waals surface area contributed by atoms with Crippen molar-refractivity contribution >= 4 is 59.2 Å². The maximum atomic E-state index is 14.1. The topological polar surface area (TPSA) is 375 Å². The van der Waals surface area contributed by atoms with Gasteiger partial charge in [0.1, 0.15) is 42.8 Å². The lowest BCUT2D eigenvalue weighted by atomic mass is 9.99. The lowest BCUT2D eigenvalue weighted by molar-refractivity contribution is -0.138. The summed E-state index contributed by atoms with van der Waals surface area (Å²) in [5.41, 5.74) is 22.4. The molecule has 6 atom stereocenters. The van der Waals surface area contributed by atoms with Gasteiger partial charge in [-0.3, -0.25) is 48.1 Å². The Morgan fingerprint density at radius 2 is 1.02 bits per heavy atom. The third-order valence-electron chi connectivity index (χ3n) is 9.17. The van der Waals surface area contributed by atoms with Crippen LogP contribution in [0.4, 0.5) is 0 Å². The minimum Gasteiger partial charge on any atom is -0.480 e. The molecule has 22 nitrogen and oxygen atoms in total. The van der Waals surface area contributed by atoms with E-state index in [-0.39, 0.29) is 68.8 Å². The number of hydrogen-bond donors (Lipinski definition) is 12. The number of carboxylic acids is 1. The number of primary amides is 1. The van der Waals surface area contributed by atoms with E-state index >= 15 is 0 Å². The highest BCUT2D eigenvalue weighted by Gasteiger charge is 2.34. The van der Waals surface area contributed by atoms with Crippen molar-refractivity contribution in [2.75, 3.05) is 19.6 Å². The van der Waals surface area contributed by atoms with E-state index in [1.165, 1.54) is 0 Å². The molecule has 0 saturated heterocycles. The zero-order valence-electron chi connectivity index (χ0n) is 37.0. The summed E-state index contributed by atoms with van der Waals surface area (Å²) in [6.07, 6.45) is -0.290. The fraction of sp³-hybridized carbons (Fsp3) is 0.610. The first-order valence-electron chi connectivity index (χ1n) is 20.9. The lowest BCUT2D eigenvalue weighted by Crippen LogP contribution is -2.60. The predicted octanol–water partition coefficient (Wildman–Crippen LogP) is -2.64. The molecule has 0 bridgehead atoms. The molecule has 0 saturated carbocycles. The monoisotopic (exact) mass is 889 g/mol. The van der Waals surface area contributed by atoms with Crippen LogP contribution in [-0.4, -0.2) is 120 Å². The number of carboxylic acid groups (broad SMARTS) is 1. The van der Waals surface area contributed by atoms with E-state index in [4.69, 9.17) is 28.0 Å². The number of guanidine groups is 1. The molecule has 0 radical (unpaired) electrons. The summed E-state index contributed by atoms with van der Waals surface area (Å²) < 4.78 is 0. The second-order valence-corrected chi connectivity index (χ2v) is 16.4. The molecule has 0 unspecified atom stereocenters. The van der Waals surface area contributed by atoms with Crippen LogP contribution in [0.1, 0.15) is 85.6 Å². The molecule has 22 heteroatoms. The van der Waals surface area contributed by atoms with Gasteiger partial charge in [0.2, 0.25) is 47.3 Å². The first-order chi connectivity index (χ1) is 29.5. The largest absolute Gasteiger partial charge is 0.480 e. The van der Waals surface area contributed by atoms with Gasteiger partial charge in [-0.2, -0.15) is 0 Å². The molecule has 1 rings (SSSR count). The lowest BCUT2D eigenvalue weighted by Gasteiger charge is -2.28. The van der Waals surface area contributed by atoms with Crippen LogP contribution in [0, 0.1) is 17.8 Å². The normalized spacial score (nSPS) is 13.9. The zero-order chi connectivity index (χ0) is 47.8. The van der Waals surface area contributed by atoms with Gasteiger partial charge >= 0.3 is 5.97 Å². The molecular weight excluding hydrogens is 821 g/mol. The van der Waals surface area contributed by atoms with E-state index in [9.17, 15) is 43.2 Å². The zero-order valence-corrected chi connectivity index (χ0v) is 37.0. The Labute approximate surface area is 368 Å². The van der Waals surface area contributed by atoms with Crippen molar-refractivity contribution in [3.8, 4) is 0 Å². The van der Waals surface area contributed by atoms with E-state index in [1.54, 1.807) is 58.0 Å². The molecule has 1 aromatic carbocycles. The molecule has 8 amide bonds. The third-order valence-corrected chi connectivity index (χ3v) is 9.17. The maximum absolute atomic E-state index is 14.1. The Balaban J connectivity index is 3.53. The number of benzene rings is 1. The highest BCUT2D eigenvalue weighted by atomic mass is 16.4. The standard InChI is InChI=1S/C41H68N12O10/c1-22(2)15-27(35(58)47-21-34(56)57)50-39(62)30(18-25-11-8-7-9-12-25)52-38(61)29(17-24(5)6)51-36(59)26(13-10-14-46-41(44)45)49-40(63)31(19-32(43)54)53-37(60)28(16-23(3)4)48-33(55)20-42/h7-9,11-12,22-24,26-31H,10,13-21,42H2,1-6H3,(H2,43,54)(H,47,58)(H,48,55)(H,49,63)(H,50,62)(H,51,59)(H,52,61)(H,53,60)(H,56,57)(H4,44,45,46)/t26-,27-,28-,29-,30-,31-/m0/s1. The summed E-state index contributed by atoms with van der Waals surface area (Å²) >= 11 is 0. The molecule has 1 aromatic rings. The van der Waals surface area contributed by atoms with Crippen molar-refractivity contribution in [1.82, 2.24) is 37.2 Å². The molecule has 0 aliphatic rings. The average Bonchev–Trinajstić information content (AvgIpc) is 3.18. The van der Waals surface area contributed by atoms with Crippen molar-refractivity contribution in [1.29, 1.82) is 0 Å². The molecule has 0 fully saturated rings. The molecule has 0 heterocycles. The van der Waals surface area contributed by atoms with Crippen molar-refractivity contribution < 1.29 is 48.3 Å². The van der Waals surface area contributed by atoms with Crippen molar-refractivity contribution in [2.45, 2.75) is 123 Å². The van der Waals surface area contributed by atoms with Crippen molar-refractivity contribution in [2.24, 2.45) is 45.7 Å². The van der Waals surface area contributed by atoms with Crippen LogP contribution in [0.25, 0.3) is 0 Å². The van der Waals surface area contributed by atoms with Gasteiger partial charge < -0.3 is 65.3 Å². The molecule has 0 aliphatic carbocycles. The summed E-state index contributed by atoms with van der Waals surface area (Å²) in [5.74, 6) is -8.35. The Bertz CT molecular complexity index is 1740. The summed E-state index contributed by atoms with van der Waals surface area (Å²) in [5, 5.41) is 26.9. The molecule has 0 spiro atoms. The van der Waals surface area contributed by atoms with Crippen LogP contribution in [-0.2, 0) is 49.6 Å². The first kappa shape index (κ1) is 54.7. The minimum atomic E-state index is -1.59. The Morgan fingerprint density at radius 3 is 1.49 bits per heavy atom. The Morgan fingerprint density at radius 1 is 0.587 bits per heavy atom. The van der Waals surface area contributed by atoms with Crippen molar-refractivity contribution in [3.63, 3.8) is 0 Å². The van der Waals surface area contributed by atoms with Gasteiger partial charge in [-0.1, -0.05) is 71.9 Å². The molecule has 0 aromatic heterocycles. The van der Waals surface area contributed by atoms with Gasteiger partial charge in [-0.15, -0.1) is 0 Å². The number of carbonyl (C=O) groups excluding carboxylic acids is 8. The number of nitrogens with two attached hydrogens (primary N) is 4. The fourth-order valence-corrected chi connectivity index (χ4v) is 6.25. The van der Waals surface area contributed by atoms with E-state index in [0.717, 1.165) is 0 Å². The van der Waals surface area contributed by atoms with E-state index in [0.29, 0.717) is 5.56 Å². The van der Waals surface area contributed by atoms with Gasteiger partial charge in [-0.05, 0) is 55.4 Å². The van der Waals surface area contributed by atoms with Crippen LogP contribution in [0.2, 0.25) is 0 Å². The number of aliphatic imine (C=N–C) groups is 1. The highest BCUT2D eigenvalue weighted by molar-refractivity contribution is 5.98. The summed E-state index contributed by atoms with van der Waals surface area (Å²) in [6, 6.07) is 0.880. The Hall–Kier alpha value is -6.32. The summed E-state index contributed by atoms with van der Waals surface area (Å²) in [7, 11) is 0. The van der Waals surface area contributed by atoms with Gasteiger partial charge in [0.15, 0.2) is 5.96 Å². The SMILES string of the molecule is CC(C)C[C@H](NC(=O)CN)C(=O)N[C@@H](CC(N)=O)C(=O)N[C@@H](CCCN=C(N)N)C(=O)N[C@@H](CC(C)C)C(=O)N[C@@H](Cc1ccccc1)C(=O)N[C@@H](CC(C)C)C(=O)NCC(=O)O. The highest BCUT2D eigenvalue weighted by Crippen LogP contribution is 2.12. The maximum Gasteiger partial charge on any atom is 0.322 e.